The van der Waals surface area contributed by atoms with Crippen LogP contribution in [0.4, 0.5) is 4.79 Å². The quantitative estimate of drug-likeness (QED) is 0.741. The lowest BCUT2D eigenvalue weighted by Gasteiger charge is -2.35. The molecule has 23 heavy (non-hydrogen) atoms. The Morgan fingerprint density at radius 1 is 1.13 bits per heavy atom. The van der Waals surface area contributed by atoms with Crippen LogP contribution in [0.2, 0.25) is 0 Å². The number of benzene rings is 1. The average molecular weight is 313 g/mol. The molecule has 0 N–H and O–H groups in total. The maximum atomic E-state index is 12.5. The van der Waals surface area contributed by atoms with Crippen molar-refractivity contribution in [3.8, 4) is 0 Å². The Labute approximate surface area is 139 Å². The zero-order valence-electron chi connectivity index (χ0n) is 14.8. The molecule has 1 aromatic carbocycles. The first-order valence-electron chi connectivity index (χ1n) is 8.53. The highest BCUT2D eigenvalue weighted by molar-refractivity contribution is 5.75. The highest BCUT2D eigenvalue weighted by Crippen LogP contribution is 2.39. The molecule has 2 atom stereocenters. The third kappa shape index (κ3) is 3.44. The largest absolute Gasteiger partial charge is 0.444 e. The monoisotopic (exact) mass is 313 g/mol. The molecule has 2 bridgehead atoms. The second kappa shape index (κ2) is 5.70. The Kier molecular flexibility index (Phi) is 3.99. The molecule has 0 spiro atoms. The maximum Gasteiger partial charge on any atom is 0.411 e. The number of hydrogen-bond acceptors (Lipinski definition) is 2. The summed E-state index contributed by atoms with van der Waals surface area (Å²) in [6.45, 7) is 10.1. The van der Waals surface area contributed by atoms with E-state index in [0.717, 1.165) is 19.3 Å². The first kappa shape index (κ1) is 16.1. The van der Waals surface area contributed by atoms with Gasteiger partial charge in [0.2, 0.25) is 0 Å². The van der Waals surface area contributed by atoms with Gasteiger partial charge >= 0.3 is 6.09 Å². The van der Waals surface area contributed by atoms with Crippen LogP contribution in [-0.2, 0) is 4.74 Å². The summed E-state index contributed by atoms with van der Waals surface area (Å²) < 4.78 is 5.59. The van der Waals surface area contributed by atoms with Crippen LogP contribution in [0.25, 0.3) is 5.57 Å². The smallest absolute Gasteiger partial charge is 0.411 e. The van der Waals surface area contributed by atoms with E-state index in [0.29, 0.717) is 0 Å². The fraction of sp³-hybridized carbons (Fsp3) is 0.550. The Hall–Kier alpha value is -1.77. The van der Waals surface area contributed by atoms with Crippen molar-refractivity contribution in [1.82, 2.24) is 4.90 Å². The van der Waals surface area contributed by atoms with Crippen molar-refractivity contribution in [2.75, 3.05) is 0 Å². The third-order valence-corrected chi connectivity index (χ3v) is 4.59. The van der Waals surface area contributed by atoms with Crippen LogP contribution in [0.5, 0.6) is 0 Å². The molecule has 124 valence electrons. The molecule has 0 radical (unpaired) electrons. The van der Waals surface area contributed by atoms with Gasteiger partial charge in [0.1, 0.15) is 5.60 Å². The number of rotatable bonds is 1. The van der Waals surface area contributed by atoms with Gasteiger partial charge in [0.15, 0.2) is 0 Å². The highest BCUT2D eigenvalue weighted by atomic mass is 16.6. The minimum absolute atomic E-state index is 0.166. The number of nitrogens with zero attached hydrogens (tertiary/aromatic N) is 1. The summed E-state index contributed by atoms with van der Waals surface area (Å²) >= 11 is 0. The molecule has 0 aliphatic carbocycles. The van der Waals surface area contributed by atoms with Crippen molar-refractivity contribution in [2.24, 2.45) is 0 Å². The fourth-order valence-electron chi connectivity index (χ4n) is 3.80. The van der Waals surface area contributed by atoms with Gasteiger partial charge in [-0.3, -0.25) is 4.90 Å². The SMILES string of the molecule is Cc1cc(C)cc(C2=CC3CCC(C2)N3C(=O)OC(C)(C)C)c1. The average Bonchev–Trinajstić information content (AvgIpc) is 2.66. The van der Waals surface area contributed by atoms with E-state index >= 15 is 0 Å². The maximum absolute atomic E-state index is 12.5. The van der Waals surface area contributed by atoms with Crippen molar-refractivity contribution in [3.63, 3.8) is 0 Å². The molecule has 1 fully saturated rings. The van der Waals surface area contributed by atoms with Gasteiger partial charge in [0.05, 0.1) is 6.04 Å². The second-order valence-electron chi connectivity index (χ2n) is 7.96. The molecule has 2 heterocycles. The van der Waals surface area contributed by atoms with Gasteiger partial charge in [-0.2, -0.15) is 0 Å². The minimum atomic E-state index is -0.436. The summed E-state index contributed by atoms with van der Waals surface area (Å²) in [4.78, 5) is 14.5. The summed E-state index contributed by atoms with van der Waals surface area (Å²) in [6, 6.07) is 7.16. The molecular formula is C20H27NO2. The van der Waals surface area contributed by atoms with Gasteiger partial charge in [-0.05, 0) is 65.0 Å². The molecule has 1 saturated heterocycles. The van der Waals surface area contributed by atoms with Crippen LogP contribution >= 0.6 is 0 Å². The van der Waals surface area contributed by atoms with Crippen LogP contribution in [-0.4, -0.2) is 28.7 Å². The zero-order chi connectivity index (χ0) is 16.8. The van der Waals surface area contributed by atoms with Gasteiger partial charge in [0.25, 0.3) is 0 Å². The predicted octanol–water partition coefficient (Wildman–Crippen LogP) is 4.86. The van der Waals surface area contributed by atoms with Crippen LogP contribution < -0.4 is 0 Å². The fourth-order valence-corrected chi connectivity index (χ4v) is 3.80. The van der Waals surface area contributed by atoms with Crippen LogP contribution in [0.3, 0.4) is 0 Å². The summed E-state index contributed by atoms with van der Waals surface area (Å²) in [7, 11) is 0. The molecule has 1 aromatic rings. The van der Waals surface area contributed by atoms with E-state index in [-0.39, 0.29) is 18.2 Å². The van der Waals surface area contributed by atoms with Crippen molar-refractivity contribution in [3.05, 3.63) is 41.0 Å². The Bertz CT molecular complexity index is 634. The second-order valence-corrected chi connectivity index (χ2v) is 7.96. The zero-order valence-corrected chi connectivity index (χ0v) is 14.8. The van der Waals surface area contributed by atoms with Crippen LogP contribution in [0.1, 0.15) is 56.7 Å². The summed E-state index contributed by atoms with van der Waals surface area (Å²) in [6.07, 6.45) is 5.15. The summed E-state index contributed by atoms with van der Waals surface area (Å²) in [5.41, 5.74) is 4.84. The van der Waals surface area contributed by atoms with E-state index < -0.39 is 5.60 Å². The number of carbonyl (C=O) groups excluding carboxylic acids is 1. The van der Waals surface area contributed by atoms with Crippen LogP contribution in [0.15, 0.2) is 24.3 Å². The van der Waals surface area contributed by atoms with Gasteiger partial charge < -0.3 is 4.74 Å². The third-order valence-electron chi connectivity index (χ3n) is 4.59. The molecule has 3 nitrogen and oxygen atoms in total. The molecule has 2 aliphatic heterocycles. The van der Waals surface area contributed by atoms with Gasteiger partial charge in [-0.25, -0.2) is 4.79 Å². The standard InChI is InChI=1S/C20H27NO2/c1-13-8-14(2)10-15(9-13)16-11-17-6-7-18(12-16)21(17)19(22)23-20(3,4)5/h8-11,17-18H,6-7,12H2,1-5H3. The van der Waals surface area contributed by atoms with Crippen molar-refractivity contribution in [2.45, 2.75) is 71.6 Å². The van der Waals surface area contributed by atoms with Crippen molar-refractivity contribution < 1.29 is 9.53 Å². The molecule has 3 rings (SSSR count). The molecule has 2 aliphatic rings. The van der Waals surface area contributed by atoms with E-state index in [4.69, 9.17) is 4.74 Å². The van der Waals surface area contributed by atoms with Gasteiger partial charge in [-0.1, -0.05) is 35.4 Å². The van der Waals surface area contributed by atoms with E-state index in [1.165, 1.54) is 22.3 Å². The van der Waals surface area contributed by atoms with Crippen molar-refractivity contribution >= 4 is 11.7 Å². The lowest BCUT2D eigenvalue weighted by molar-refractivity contribution is 0.0175. The molecule has 3 heteroatoms. The first-order valence-corrected chi connectivity index (χ1v) is 8.53. The topological polar surface area (TPSA) is 29.5 Å². The van der Waals surface area contributed by atoms with Gasteiger partial charge in [0, 0.05) is 6.04 Å². The van der Waals surface area contributed by atoms with Crippen molar-refractivity contribution in [1.29, 1.82) is 0 Å². The number of carbonyl (C=O) groups is 1. The predicted molar refractivity (Wildman–Crippen MR) is 93.4 cm³/mol. The number of fused-ring (bicyclic) bond motifs is 2. The van der Waals surface area contributed by atoms with E-state index in [1.807, 2.05) is 25.7 Å². The number of hydrogen-bond donors (Lipinski definition) is 0. The van der Waals surface area contributed by atoms with E-state index in [9.17, 15) is 4.79 Å². The summed E-state index contributed by atoms with van der Waals surface area (Å²) in [5, 5.41) is 0. The Morgan fingerprint density at radius 3 is 2.35 bits per heavy atom. The minimum Gasteiger partial charge on any atom is -0.444 e. The normalized spacial score (nSPS) is 23.7. The molecule has 1 amide bonds. The number of amides is 1. The lowest BCUT2D eigenvalue weighted by atomic mass is 9.93. The summed E-state index contributed by atoms with van der Waals surface area (Å²) in [5.74, 6) is 0. The van der Waals surface area contributed by atoms with E-state index in [2.05, 4.69) is 38.1 Å². The Balaban J connectivity index is 1.84. The lowest BCUT2D eigenvalue weighted by Crippen LogP contribution is -2.45. The molecular weight excluding hydrogens is 286 g/mol. The molecule has 0 aromatic heterocycles. The number of aryl methyl sites for hydroxylation is 2. The van der Waals surface area contributed by atoms with Gasteiger partial charge in [-0.15, -0.1) is 0 Å². The number of ether oxygens (including phenoxy) is 1. The van der Waals surface area contributed by atoms with E-state index in [1.54, 1.807) is 0 Å². The molecule has 2 unspecified atom stereocenters. The molecule has 0 saturated carbocycles. The van der Waals surface area contributed by atoms with Crippen LogP contribution in [0, 0.1) is 13.8 Å². The Morgan fingerprint density at radius 2 is 1.78 bits per heavy atom. The first-order chi connectivity index (χ1) is 10.7. The highest BCUT2D eigenvalue weighted by Gasteiger charge is 2.41.